The maximum atomic E-state index is 12.7. The van der Waals surface area contributed by atoms with Crippen molar-refractivity contribution in [2.24, 2.45) is 0 Å². The van der Waals surface area contributed by atoms with Gasteiger partial charge in [0.15, 0.2) is 0 Å². The van der Waals surface area contributed by atoms with E-state index < -0.39 is 5.91 Å². The number of nitriles is 1. The van der Waals surface area contributed by atoms with Crippen molar-refractivity contribution in [3.8, 4) is 11.8 Å². The van der Waals surface area contributed by atoms with Gasteiger partial charge in [0.2, 0.25) is 0 Å². The van der Waals surface area contributed by atoms with Crippen LogP contribution in [0.3, 0.4) is 0 Å². The summed E-state index contributed by atoms with van der Waals surface area (Å²) < 4.78 is 7.85. The average molecular weight is 562 g/mol. The van der Waals surface area contributed by atoms with E-state index in [1.165, 1.54) is 6.08 Å². The highest BCUT2D eigenvalue weighted by Gasteiger charge is 2.12. The van der Waals surface area contributed by atoms with Crippen LogP contribution in [0.1, 0.15) is 11.1 Å². The van der Waals surface area contributed by atoms with Crippen molar-refractivity contribution < 1.29 is 9.53 Å². The number of halogens is 2. The summed E-state index contributed by atoms with van der Waals surface area (Å²) in [4.78, 5) is 12.7. The molecule has 0 saturated carbocycles. The third-order valence-corrected chi connectivity index (χ3v) is 6.02. The third kappa shape index (κ3) is 5.70. The van der Waals surface area contributed by atoms with Crippen LogP contribution in [0, 0.1) is 11.3 Å². The number of carbonyl (C=O) groups excluding carboxylic acids is 1. The summed E-state index contributed by atoms with van der Waals surface area (Å²) in [6, 6.07) is 28.9. The van der Waals surface area contributed by atoms with Crippen molar-refractivity contribution in [2.75, 3.05) is 5.32 Å². The molecule has 0 aromatic heterocycles. The van der Waals surface area contributed by atoms with E-state index in [1.54, 1.807) is 12.1 Å². The molecule has 0 fully saturated rings. The molecule has 162 valence electrons. The molecule has 0 heterocycles. The number of hydrogen-bond donors (Lipinski definition) is 1. The minimum Gasteiger partial charge on any atom is -0.488 e. The summed E-state index contributed by atoms with van der Waals surface area (Å²) in [5, 5.41) is 14.6. The zero-order valence-electron chi connectivity index (χ0n) is 17.4. The number of fused-ring (bicyclic) bond motifs is 1. The first-order valence-corrected chi connectivity index (χ1v) is 11.7. The second kappa shape index (κ2) is 10.5. The van der Waals surface area contributed by atoms with E-state index in [1.807, 2.05) is 60.7 Å². The Kier molecular flexibility index (Phi) is 7.23. The molecule has 4 aromatic rings. The molecule has 0 aliphatic heterocycles. The molecule has 0 aliphatic rings. The Labute approximate surface area is 208 Å². The molecule has 1 amide bonds. The van der Waals surface area contributed by atoms with Crippen LogP contribution in [0.15, 0.2) is 99.4 Å². The predicted octanol–water partition coefficient (Wildman–Crippen LogP) is 7.49. The first-order chi connectivity index (χ1) is 16.0. The molecule has 0 spiro atoms. The summed E-state index contributed by atoms with van der Waals surface area (Å²) in [6.45, 7) is 0.358. The topological polar surface area (TPSA) is 62.1 Å². The molecular weight excluding hydrogens is 544 g/mol. The van der Waals surface area contributed by atoms with E-state index >= 15 is 0 Å². The molecule has 33 heavy (non-hydrogen) atoms. The number of anilines is 1. The molecule has 0 aliphatic carbocycles. The van der Waals surface area contributed by atoms with Crippen LogP contribution < -0.4 is 10.1 Å². The Morgan fingerprint density at radius 1 is 0.939 bits per heavy atom. The second-order valence-corrected chi connectivity index (χ2v) is 9.07. The Balaban J connectivity index is 1.59. The van der Waals surface area contributed by atoms with E-state index in [2.05, 4.69) is 55.4 Å². The summed E-state index contributed by atoms with van der Waals surface area (Å²) in [5.74, 6) is 0.0927. The molecule has 4 aromatic carbocycles. The highest BCUT2D eigenvalue weighted by atomic mass is 79.9. The fourth-order valence-electron chi connectivity index (χ4n) is 3.37. The number of benzene rings is 4. The fourth-order valence-corrected chi connectivity index (χ4v) is 4.02. The van der Waals surface area contributed by atoms with E-state index in [0.29, 0.717) is 23.6 Å². The third-order valence-electron chi connectivity index (χ3n) is 5.00. The Morgan fingerprint density at radius 3 is 2.45 bits per heavy atom. The van der Waals surface area contributed by atoms with Gasteiger partial charge in [0.1, 0.15) is 24.0 Å². The highest BCUT2D eigenvalue weighted by molar-refractivity contribution is 9.10. The van der Waals surface area contributed by atoms with Crippen LogP contribution in [0.2, 0.25) is 0 Å². The van der Waals surface area contributed by atoms with Crippen LogP contribution in [0.5, 0.6) is 5.75 Å². The normalized spacial score (nSPS) is 11.1. The van der Waals surface area contributed by atoms with E-state index in [9.17, 15) is 10.1 Å². The number of carbonyl (C=O) groups is 1. The molecule has 1 N–H and O–H groups in total. The van der Waals surface area contributed by atoms with Gasteiger partial charge in [-0.15, -0.1) is 0 Å². The van der Waals surface area contributed by atoms with Gasteiger partial charge in [-0.3, -0.25) is 4.79 Å². The number of nitrogens with zero attached hydrogens (tertiary/aromatic N) is 1. The molecule has 0 radical (unpaired) electrons. The lowest BCUT2D eigenvalue weighted by Gasteiger charge is -2.12. The van der Waals surface area contributed by atoms with Crippen LogP contribution in [-0.2, 0) is 11.4 Å². The molecule has 0 unspecified atom stereocenters. The minimum atomic E-state index is -0.486. The molecule has 0 bridgehead atoms. The quantitative estimate of drug-likeness (QED) is 0.196. The summed E-state index contributed by atoms with van der Waals surface area (Å²) >= 11 is 6.82. The minimum absolute atomic E-state index is 0.0222. The number of rotatable bonds is 6. The van der Waals surface area contributed by atoms with Crippen LogP contribution in [0.25, 0.3) is 16.8 Å². The number of amides is 1. The molecule has 0 atom stereocenters. The summed E-state index contributed by atoms with van der Waals surface area (Å²) in [6.07, 6.45) is 1.54. The lowest BCUT2D eigenvalue weighted by molar-refractivity contribution is -0.112. The number of ether oxygens (including phenoxy) is 1. The van der Waals surface area contributed by atoms with Crippen molar-refractivity contribution in [1.82, 2.24) is 0 Å². The van der Waals surface area contributed by atoms with Crippen molar-refractivity contribution in [1.29, 1.82) is 5.26 Å². The highest BCUT2D eigenvalue weighted by Crippen LogP contribution is 2.28. The smallest absolute Gasteiger partial charge is 0.266 e. The van der Waals surface area contributed by atoms with Gasteiger partial charge >= 0.3 is 0 Å². The van der Waals surface area contributed by atoms with Gasteiger partial charge in [-0.25, -0.2) is 0 Å². The molecule has 6 heteroatoms. The summed E-state index contributed by atoms with van der Waals surface area (Å²) in [7, 11) is 0. The van der Waals surface area contributed by atoms with E-state index in [0.717, 1.165) is 25.3 Å². The summed E-state index contributed by atoms with van der Waals surface area (Å²) in [5.41, 5.74) is 2.27. The van der Waals surface area contributed by atoms with Gasteiger partial charge in [-0.2, -0.15) is 5.26 Å². The van der Waals surface area contributed by atoms with Crippen molar-refractivity contribution in [3.63, 3.8) is 0 Å². The number of hydrogen-bond acceptors (Lipinski definition) is 3. The lowest BCUT2D eigenvalue weighted by Crippen LogP contribution is -2.13. The molecule has 0 saturated heterocycles. The van der Waals surface area contributed by atoms with Gasteiger partial charge in [0.25, 0.3) is 5.91 Å². The predicted molar refractivity (Wildman–Crippen MR) is 139 cm³/mol. The SMILES string of the molecule is N#C/C(=C/c1cc(Br)ccc1OCc1cccc2ccccc12)C(=O)Nc1ccc(Br)cc1. The van der Waals surface area contributed by atoms with Crippen molar-refractivity contribution >= 4 is 60.3 Å². The fraction of sp³-hybridized carbons (Fsp3) is 0.0370. The molecule has 4 nitrogen and oxygen atoms in total. The van der Waals surface area contributed by atoms with Crippen LogP contribution >= 0.6 is 31.9 Å². The van der Waals surface area contributed by atoms with E-state index in [-0.39, 0.29) is 5.57 Å². The zero-order valence-corrected chi connectivity index (χ0v) is 20.6. The Hall–Kier alpha value is -3.40. The lowest BCUT2D eigenvalue weighted by atomic mass is 10.1. The maximum Gasteiger partial charge on any atom is 0.266 e. The Bertz CT molecular complexity index is 1380. The largest absolute Gasteiger partial charge is 0.488 e. The van der Waals surface area contributed by atoms with Gasteiger partial charge in [-0.1, -0.05) is 74.3 Å². The maximum absolute atomic E-state index is 12.7. The first-order valence-electron chi connectivity index (χ1n) is 10.1. The van der Waals surface area contributed by atoms with Gasteiger partial charge < -0.3 is 10.1 Å². The average Bonchev–Trinajstić information content (AvgIpc) is 2.83. The number of nitrogens with one attached hydrogen (secondary N) is 1. The first kappa shape index (κ1) is 22.8. The molecule has 4 rings (SSSR count). The van der Waals surface area contributed by atoms with Crippen LogP contribution in [0.4, 0.5) is 5.69 Å². The van der Waals surface area contributed by atoms with Gasteiger partial charge in [0.05, 0.1) is 0 Å². The standard InChI is InChI=1S/C27H18Br2N2O2/c28-22-8-11-24(12-9-22)31-27(32)21(16-30)14-20-15-23(29)10-13-26(20)33-17-19-6-3-5-18-4-1-2-7-25(18)19/h1-15H,17H2,(H,31,32)/b21-14-. The Morgan fingerprint density at radius 2 is 1.67 bits per heavy atom. The van der Waals surface area contributed by atoms with Gasteiger partial charge in [-0.05, 0) is 64.9 Å². The van der Waals surface area contributed by atoms with Gasteiger partial charge in [0, 0.05) is 20.2 Å². The van der Waals surface area contributed by atoms with E-state index in [4.69, 9.17) is 4.74 Å². The molecular formula is C27H18Br2N2O2. The van der Waals surface area contributed by atoms with Crippen molar-refractivity contribution in [2.45, 2.75) is 6.61 Å². The monoisotopic (exact) mass is 560 g/mol. The second-order valence-electron chi connectivity index (χ2n) is 7.24. The van der Waals surface area contributed by atoms with Crippen molar-refractivity contribution in [3.05, 3.63) is 111 Å². The van der Waals surface area contributed by atoms with Crippen LogP contribution in [-0.4, -0.2) is 5.91 Å². The zero-order chi connectivity index (χ0) is 23.2.